The van der Waals surface area contributed by atoms with Crippen LogP contribution in [0.25, 0.3) is 11.2 Å². The van der Waals surface area contributed by atoms with Gasteiger partial charge in [0.15, 0.2) is 22.1 Å². The second-order valence-corrected chi connectivity index (χ2v) is 8.10. The average Bonchev–Trinajstić information content (AvgIpc) is 3.15. The predicted octanol–water partition coefficient (Wildman–Crippen LogP) is 3.42. The molecular weight excluding hydrogens is 428 g/mol. The lowest BCUT2D eigenvalue weighted by Gasteiger charge is -2.09. The van der Waals surface area contributed by atoms with Gasteiger partial charge in [-0.1, -0.05) is 17.8 Å². The van der Waals surface area contributed by atoms with Crippen LogP contribution >= 0.6 is 11.8 Å². The molecule has 0 saturated carbocycles. The highest BCUT2D eigenvalue weighted by atomic mass is 32.2. The van der Waals surface area contributed by atoms with Crippen molar-refractivity contribution in [3.63, 3.8) is 0 Å². The van der Waals surface area contributed by atoms with Crippen LogP contribution in [0.2, 0.25) is 0 Å². The van der Waals surface area contributed by atoms with E-state index in [1.807, 2.05) is 28.8 Å². The molecule has 0 aliphatic rings. The second-order valence-electron chi connectivity index (χ2n) is 7.06. The Hall–Kier alpha value is -3.29. The summed E-state index contributed by atoms with van der Waals surface area (Å²) in [6.07, 6.45) is 11.0. The van der Waals surface area contributed by atoms with Crippen LogP contribution in [0.5, 0.6) is 5.75 Å². The summed E-state index contributed by atoms with van der Waals surface area (Å²) in [5.41, 5.74) is 8.91. The van der Waals surface area contributed by atoms with Gasteiger partial charge in [-0.25, -0.2) is 20.4 Å². The molecule has 4 N–H and O–H groups in total. The number of terminal acetylenes is 1. The number of unbranched alkanes of at least 4 members (excludes halogenated alkanes) is 3. The normalized spacial score (nSPS) is 10.8. The Kier molecular flexibility index (Phi) is 8.71. The van der Waals surface area contributed by atoms with E-state index in [9.17, 15) is 4.79 Å². The standard InChI is InChI=1S/C22H26N6O3S/c1-2-3-6-12-28-21-19(20(23)24-15-25-21)26-22(28)32-17-10-8-9-16(14-17)31-13-7-4-5-11-18(29)27-30/h1,8-10,14-15,30H,3-7,11-13H2,(H,27,29)(H2,23,24,25). The van der Waals surface area contributed by atoms with Crippen molar-refractivity contribution in [1.29, 1.82) is 0 Å². The fraction of sp³-hybridized carbons (Fsp3) is 0.364. The lowest BCUT2D eigenvalue weighted by atomic mass is 10.2. The van der Waals surface area contributed by atoms with Gasteiger partial charge in [0.25, 0.3) is 0 Å². The maximum atomic E-state index is 11.0. The van der Waals surface area contributed by atoms with Gasteiger partial charge in [-0.2, -0.15) is 0 Å². The summed E-state index contributed by atoms with van der Waals surface area (Å²) in [7, 11) is 0. The number of nitrogens with zero attached hydrogens (tertiary/aromatic N) is 4. The minimum absolute atomic E-state index is 0.305. The molecule has 0 aliphatic carbocycles. The molecule has 3 rings (SSSR count). The fourth-order valence-electron chi connectivity index (χ4n) is 3.10. The Balaban J connectivity index is 1.64. The van der Waals surface area contributed by atoms with Crippen molar-refractivity contribution in [2.24, 2.45) is 0 Å². The summed E-state index contributed by atoms with van der Waals surface area (Å²) >= 11 is 1.50. The number of hydroxylamine groups is 1. The van der Waals surface area contributed by atoms with Crippen LogP contribution in [0.4, 0.5) is 5.82 Å². The molecule has 0 atom stereocenters. The van der Waals surface area contributed by atoms with Crippen molar-refractivity contribution in [2.45, 2.75) is 55.1 Å². The molecule has 2 aromatic heterocycles. The van der Waals surface area contributed by atoms with Gasteiger partial charge >= 0.3 is 0 Å². The summed E-state index contributed by atoms with van der Waals surface area (Å²) in [5, 5.41) is 9.26. The maximum Gasteiger partial charge on any atom is 0.243 e. The van der Waals surface area contributed by atoms with E-state index in [2.05, 4.69) is 20.9 Å². The number of hydrogen-bond donors (Lipinski definition) is 3. The van der Waals surface area contributed by atoms with Crippen molar-refractivity contribution >= 4 is 34.7 Å². The van der Waals surface area contributed by atoms with Crippen LogP contribution in [0.3, 0.4) is 0 Å². The summed E-state index contributed by atoms with van der Waals surface area (Å²) in [5.74, 6) is 3.40. The first-order valence-electron chi connectivity index (χ1n) is 10.4. The van der Waals surface area contributed by atoms with Crippen molar-refractivity contribution in [3.05, 3.63) is 30.6 Å². The monoisotopic (exact) mass is 454 g/mol. The van der Waals surface area contributed by atoms with Crippen LogP contribution in [0.1, 0.15) is 38.5 Å². The summed E-state index contributed by atoms with van der Waals surface area (Å²) in [4.78, 5) is 25.0. The highest BCUT2D eigenvalue weighted by molar-refractivity contribution is 7.99. The highest BCUT2D eigenvalue weighted by Gasteiger charge is 2.16. The smallest absolute Gasteiger partial charge is 0.243 e. The Morgan fingerprint density at radius 1 is 1.28 bits per heavy atom. The molecule has 0 fully saturated rings. The molecule has 0 saturated heterocycles. The van der Waals surface area contributed by atoms with Gasteiger partial charge in [-0.05, 0) is 43.9 Å². The van der Waals surface area contributed by atoms with Crippen molar-refractivity contribution < 1.29 is 14.7 Å². The molecule has 3 aromatic rings. The van der Waals surface area contributed by atoms with Crippen molar-refractivity contribution in [2.75, 3.05) is 12.3 Å². The number of ether oxygens (including phenoxy) is 1. The molecular formula is C22H26N6O3S. The Morgan fingerprint density at radius 3 is 2.97 bits per heavy atom. The van der Waals surface area contributed by atoms with Gasteiger partial charge in [0.05, 0.1) is 6.61 Å². The maximum absolute atomic E-state index is 11.0. The molecule has 2 heterocycles. The number of hydrogen-bond acceptors (Lipinski definition) is 8. The molecule has 1 aromatic carbocycles. The molecule has 0 spiro atoms. The van der Waals surface area contributed by atoms with Gasteiger partial charge in [0.1, 0.15) is 12.1 Å². The van der Waals surface area contributed by atoms with Crippen molar-refractivity contribution in [1.82, 2.24) is 25.0 Å². The molecule has 0 unspecified atom stereocenters. The molecule has 168 valence electrons. The molecule has 10 heteroatoms. The number of nitrogens with two attached hydrogens (primary N) is 1. The molecule has 0 radical (unpaired) electrons. The lowest BCUT2D eigenvalue weighted by molar-refractivity contribution is -0.129. The van der Waals surface area contributed by atoms with Crippen LogP contribution in [-0.4, -0.2) is 37.2 Å². The summed E-state index contributed by atoms with van der Waals surface area (Å²) in [6, 6.07) is 7.79. The van der Waals surface area contributed by atoms with E-state index in [4.69, 9.17) is 22.1 Å². The Labute approximate surface area is 190 Å². The predicted molar refractivity (Wildman–Crippen MR) is 122 cm³/mol. The van der Waals surface area contributed by atoms with E-state index in [1.54, 1.807) is 5.48 Å². The minimum atomic E-state index is -0.367. The fourth-order valence-corrected chi connectivity index (χ4v) is 4.05. The first-order valence-corrected chi connectivity index (χ1v) is 11.2. The number of nitrogens with one attached hydrogen (secondary N) is 1. The van der Waals surface area contributed by atoms with E-state index in [0.717, 1.165) is 35.1 Å². The van der Waals surface area contributed by atoms with E-state index in [-0.39, 0.29) is 5.91 Å². The molecule has 9 nitrogen and oxygen atoms in total. The van der Waals surface area contributed by atoms with Gasteiger partial charge in [-0.15, -0.1) is 12.3 Å². The van der Waals surface area contributed by atoms with Gasteiger partial charge in [-0.3, -0.25) is 10.0 Å². The number of benzene rings is 1. The van der Waals surface area contributed by atoms with E-state index >= 15 is 0 Å². The number of carbonyl (C=O) groups excluding carboxylic acids is 1. The number of amides is 1. The van der Waals surface area contributed by atoms with Crippen molar-refractivity contribution in [3.8, 4) is 18.1 Å². The number of fused-ring (bicyclic) bond motifs is 1. The van der Waals surface area contributed by atoms with E-state index in [0.29, 0.717) is 49.4 Å². The highest BCUT2D eigenvalue weighted by Crippen LogP contribution is 2.32. The largest absolute Gasteiger partial charge is 0.494 e. The average molecular weight is 455 g/mol. The first-order chi connectivity index (χ1) is 15.6. The third-order valence-electron chi connectivity index (χ3n) is 4.68. The lowest BCUT2D eigenvalue weighted by Crippen LogP contribution is -2.17. The second kappa shape index (κ2) is 11.9. The zero-order valence-corrected chi connectivity index (χ0v) is 18.5. The van der Waals surface area contributed by atoms with E-state index in [1.165, 1.54) is 18.1 Å². The SMILES string of the molecule is C#CCCCn1c(Sc2cccc(OCCCCCC(=O)NO)c2)nc2c(N)ncnc21. The van der Waals surface area contributed by atoms with Gasteiger partial charge in [0.2, 0.25) is 5.91 Å². The number of imidazole rings is 1. The number of anilines is 1. The topological polar surface area (TPSA) is 128 Å². The summed E-state index contributed by atoms with van der Waals surface area (Å²) in [6.45, 7) is 1.23. The molecule has 0 aliphatic heterocycles. The number of aromatic nitrogens is 4. The third-order valence-corrected chi connectivity index (χ3v) is 5.67. The van der Waals surface area contributed by atoms with E-state index < -0.39 is 0 Å². The number of rotatable bonds is 12. The first kappa shape index (κ1) is 23.4. The van der Waals surface area contributed by atoms with Crippen LogP contribution in [0, 0.1) is 12.3 Å². The number of aryl methyl sites for hydroxylation is 1. The quantitative estimate of drug-likeness (QED) is 0.164. The number of carbonyl (C=O) groups is 1. The zero-order chi connectivity index (χ0) is 22.8. The van der Waals surface area contributed by atoms with Crippen LogP contribution in [0.15, 0.2) is 40.6 Å². The third kappa shape index (κ3) is 6.35. The Morgan fingerprint density at radius 2 is 2.16 bits per heavy atom. The van der Waals surface area contributed by atoms with Crippen LogP contribution < -0.4 is 16.0 Å². The zero-order valence-electron chi connectivity index (χ0n) is 17.7. The van der Waals surface area contributed by atoms with Gasteiger partial charge in [0, 0.05) is 24.3 Å². The molecule has 1 amide bonds. The Bertz CT molecular complexity index is 1090. The summed E-state index contributed by atoms with van der Waals surface area (Å²) < 4.78 is 7.87. The molecule has 32 heavy (non-hydrogen) atoms. The number of nitrogen functional groups attached to an aromatic ring is 1. The minimum Gasteiger partial charge on any atom is -0.494 e. The molecule has 0 bridgehead atoms. The van der Waals surface area contributed by atoms with Crippen LogP contribution in [-0.2, 0) is 11.3 Å². The van der Waals surface area contributed by atoms with Gasteiger partial charge < -0.3 is 15.0 Å².